The summed E-state index contributed by atoms with van der Waals surface area (Å²) < 4.78 is 0. The van der Waals surface area contributed by atoms with Gasteiger partial charge in [-0.3, -0.25) is 0 Å². The van der Waals surface area contributed by atoms with E-state index in [-0.39, 0.29) is 0 Å². The van der Waals surface area contributed by atoms with E-state index < -0.39 is 0 Å². The number of fused-ring (bicyclic) bond motifs is 2. The van der Waals surface area contributed by atoms with Gasteiger partial charge in [-0.15, -0.1) is 0 Å². The van der Waals surface area contributed by atoms with Crippen LogP contribution in [0.2, 0.25) is 11.6 Å². The summed E-state index contributed by atoms with van der Waals surface area (Å²) in [7, 11) is 1.58. The highest BCUT2D eigenvalue weighted by Crippen LogP contribution is 2.39. The topological polar surface area (TPSA) is 0 Å². The van der Waals surface area contributed by atoms with Crippen molar-refractivity contribution in [1.82, 2.24) is 0 Å². The second-order valence-corrected chi connectivity index (χ2v) is 4.18. The lowest BCUT2D eigenvalue weighted by atomic mass is 9.48. The molecule has 1 heteroatoms. The summed E-state index contributed by atoms with van der Waals surface area (Å²) in [5.74, 6) is 2.28. The van der Waals surface area contributed by atoms with Crippen LogP contribution in [0.15, 0.2) is 0 Å². The quantitative estimate of drug-likeness (QED) is 0.449. The molecule has 0 saturated carbocycles. The van der Waals surface area contributed by atoms with Gasteiger partial charge in [-0.1, -0.05) is 56.6 Å². The third-order valence-corrected chi connectivity index (χ3v) is 3.37. The van der Waals surface area contributed by atoms with Gasteiger partial charge in [0.2, 0.25) is 0 Å². The summed E-state index contributed by atoms with van der Waals surface area (Å²) in [6.07, 6.45) is 10.8. The molecule has 2 rings (SSSR count). The van der Waals surface area contributed by atoms with E-state index in [0.29, 0.717) is 0 Å². The predicted molar refractivity (Wildman–Crippen MR) is 47.0 cm³/mol. The van der Waals surface area contributed by atoms with Crippen molar-refractivity contribution in [2.24, 2.45) is 0 Å². The maximum absolute atomic E-state index is 1.58. The fraction of sp³-hybridized carbons (Fsp3) is 1.00. The Bertz CT molecular complexity index is 99.3. The molecule has 2 heterocycles. The lowest BCUT2D eigenvalue weighted by molar-refractivity contribution is 0.570. The van der Waals surface area contributed by atoms with Crippen LogP contribution in [0.3, 0.4) is 0 Å². The molecule has 0 aromatic carbocycles. The van der Waals surface area contributed by atoms with Crippen molar-refractivity contribution < 1.29 is 0 Å². The van der Waals surface area contributed by atoms with E-state index in [2.05, 4.69) is 0 Å². The highest BCUT2D eigenvalue weighted by Gasteiger charge is 2.25. The Kier molecular flexibility index (Phi) is 2.01. The zero-order valence-electron chi connectivity index (χ0n) is 6.81. The van der Waals surface area contributed by atoms with Crippen molar-refractivity contribution in [2.75, 3.05) is 0 Å². The lowest BCUT2D eigenvalue weighted by Gasteiger charge is -2.24. The average Bonchev–Trinajstić information content (AvgIpc) is 2.12. The fourth-order valence-corrected chi connectivity index (χ4v) is 2.79. The van der Waals surface area contributed by atoms with Crippen LogP contribution >= 0.6 is 0 Å². The van der Waals surface area contributed by atoms with E-state index in [4.69, 9.17) is 0 Å². The molecule has 2 unspecified atom stereocenters. The Morgan fingerprint density at radius 2 is 1.20 bits per heavy atom. The molecule has 0 aromatic rings. The van der Waals surface area contributed by atoms with Gasteiger partial charge in [0.15, 0.2) is 0 Å². The fourth-order valence-electron chi connectivity index (χ4n) is 2.79. The minimum atomic E-state index is 1.14. The van der Waals surface area contributed by atoms with Crippen molar-refractivity contribution in [3.05, 3.63) is 0 Å². The summed E-state index contributed by atoms with van der Waals surface area (Å²) >= 11 is 0. The summed E-state index contributed by atoms with van der Waals surface area (Å²) in [6.45, 7) is 0. The van der Waals surface area contributed by atoms with E-state index in [1.807, 2.05) is 0 Å². The van der Waals surface area contributed by atoms with Gasteiger partial charge >= 0.3 is 0 Å². The Labute approximate surface area is 64.6 Å². The molecular formula is C9H17B. The van der Waals surface area contributed by atoms with E-state index in [9.17, 15) is 0 Å². The van der Waals surface area contributed by atoms with Gasteiger partial charge in [-0.25, -0.2) is 0 Å². The smallest absolute Gasteiger partial charge is 0.0654 e. The normalized spacial score (nSPS) is 40.0. The molecule has 0 N–H and O–H groups in total. The Hall–Kier alpha value is 0.0649. The molecule has 0 nitrogen and oxygen atoms in total. The minimum Gasteiger partial charge on any atom is -0.0654 e. The molecule has 10 heavy (non-hydrogen) atoms. The van der Waals surface area contributed by atoms with Gasteiger partial charge < -0.3 is 0 Å². The Balaban J connectivity index is 1.96. The van der Waals surface area contributed by atoms with E-state index in [0.717, 1.165) is 11.6 Å². The molecular weight excluding hydrogens is 119 g/mol. The van der Waals surface area contributed by atoms with E-state index in [1.165, 1.54) is 19.3 Å². The molecule has 0 radical (unpaired) electrons. The highest BCUT2D eigenvalue weighted by atomic mass is 14.2. The SMILES string of the molecule is B1C2CCCCC1CCC2. The van der Waals surface area contributed by atoms with Crippen LogP contribution in [0, 0.1) is 0 Å². The van der Waals surface area contributed by atoms with Gasteiger partial charge in [0, 0.05) is 0 Å². The monoisotopic (exact) mass is 136 g/mol. The molecule has 2 saturated heterocycles. The van der Waals surface area contributed by atoms with Crippen LogP contribution in [0.5, 0.6) is 0 Å². The number of rotatable bonds is 0. The first kappa shape index (κ1) is 6.76. The molecule has 2 fully saturated rings. The third-order valence-electron chi connectivity index (χ3n) is 3.37. The largest absolute Gasteiger partial charge is 0.127 e. The van der Waals surface area contributed by atoms with Crippen LogP contribution in [0.4, 0.5) is 0 Å². The molecule has 0 aliphatic carbocycles. The molecule has 2 atom stereocenters. The highest BCUT2D eigenvalue weighted by molar-refractivity contribution is 6.40. The zero-order chi connectivity index (χ0) is 6.81. The van der Waals surface area contributed by atoms with Crippen LogP contribution in [-0.2, 0) is 0 Å². The average molecular weight is 136 g/mol. The van der Waals surface area contributed by atoms with Gasteiger partial charge in [-0.05, 0) is 0 Å². The molecule has 0 aromatic heterocycles. The Morgan fingerprint density at radius 3 is 1.80 bits per heavy atom. The van der Waals surface area contributed by atoms with Crippen molar-refractivity contribution in [1.29, 1.82) is 0 Å². The van der Waals surface area contributed by atoms with Crippen molar-refractivity contribution in [3.8, 4) is 0 Å². The molecule has 2 aliphatic rings. The third kappa shape index (κ3) is 1.38. The van der Waals surface area contributed by atoms with Crippen LogP contribution < -0.4 is 0 Å². The first-order valence-electron chi connectivity index (χ1n) is 4.95. The second-order valence-electron chi connectivity index (χ2n) is 4.18. The van der Waals surface area contributed by atoms with Gasteiger partial charge in [-0.2, -0.15) is 0 Å². The van der Waals surface area contributed by atoms with Gasteiger partial charge in [0.1, 0.15) is 7.28 Å². The molecule has 2 aliphatic heterocycles. The summed E-state index contributed by atoms with van der Waals surface area (Å²) in [5.41, 5.74) is 0. The van der Waals surface area contributed by atoms with Crippen molar-refractivity contribution in [3.63, 3.8) is 0 Å². The first-order chi connectivity index (χ1) is 4.95. The predicted octanol–water partition coefficient (Wildman–Crippen LogP) is 2.76. The maximum atomic E-state index is 1.58. The maximum Gasteiger partial charge on any atom is 0.127 e. The van der Waals surface area contributed by atoms with Crippen LogP contribution in [0.25, 0.3) is 0 Å². The van der Waals surface area contributed by atoms with Crippen LogP contribution in [0.1, 0.15) is 44.9 Å². The lowest BCUT2D eigenvalue weighted by Crippen LogP contribution is -2.14. The van der Waals surface area contributed by atoms with E-state index >= 15 is 0 Å². The molecule has 0 amide bonds. The molecule has 0 spiro atoms. The van der Waals surface area contributed by atoms with Gasteiger partial charge in [0.25, 0.3) is 0 Å². The Morgan fingerprint density at radius 1 is 0.700 bits per heavy atom. The summed E-state index contributed by atoms with van der Waals surface area (Å²) in [5, 5.41) is 0. The summed E-state index contributed by atoms with van der Waals surface area (Å²) in [4.78, 5) is 0. The number of hydrogen-bond donors (Lipinski definition) is 0. The first-order valence-corrected chi connectivity index (χ1v) is 4.95. The second kappa shape index (κ2) is 2.98. The van der Waals surface area contributed by atoms with Gasteiger partial charge in [0.05, 0.1) is 0 Å². The van der Waals surface area contributed by atoms with Crippen molar-refractivity contribution >= 4 is 7.28 Å². The van der Waals surface area contributed by atoms with E-state index in [1.54, 1.807) is 33.0 Å². The minimum absolute atomic E-state index is 1.14. The molecule has 56 valence electrons. The van der Waals surface area contributed by atoms with Crippen LogP contribution in [-0.4, -0.2) is 7.28 Å². The van der Waals surface area contributed by atoms with Crippen molar-refractivity contribution in [2.45, 2.75) is 56.6 Å². The number of hydrogen-bond acceptors (Lipinski definition) is 0. The molecule has 2 bridgehead atoms. The standard InChI is InChI=1S/C9H17B/c1-2-5-9-7-3-6-8(4-1)10-9/h8-10H,1-7H2. The summed E-state index contributed by atoms with van der Waals surface area (Å²) in [6, 6.07) is 0. The zero-order valence-corrected chi connectivity index (χ0v) is 6.81.